The highest BCUT2D eigenvalue weighted by Gasteiger charge is 2.14. The van der Waals surface area contributed by atoms with Crippen LogP contribution >= 0.6 is 11.8 Å². The van der Waals surface area contributed by atoms with Gasteiger partial charge in [0.15, 0.2) is 0 Å². The Kier molecular flexibility index (Phi) is 4.35. The number of carbonyl (C=O) groups excluding carboxylic acids is 1. The van der Waals surface area contributed by atoms with Crippen molar-refractivity contribution in [2.24, 2.45) is 0 Å². The van der Waals surface area contributed by atoms with Crippen LogP contribution in [0.25, 0.3) is 0 Å². The highest BCUT2D eigenvalue weighted by molar-refractivity contribution is 8.01. The smallest absolute Gasteiger partial charge is 0.147 e. The number of nitrogen functional groups attached to an aromatic ring is 1. The van der Waals surface area contributed by atoms with Crippen LogP contribution in [0.3, 0.4) is 0 Å². The molecule has 1 heterocycles. The second-order valence-electron chi connectivity index (χ2n) is 4.69. The lowest BCUT2D eigenvalue weighted by atomic mass is 10.1. The van der Waals surface area contributed by atoms with Crippen LogP contribution in [0, 0.1) is 0 Å². The van der Waals surface area contributed by atoms with E-state index in [0.29, 0.717) is 17.9 Å². The second-order valence-corrected chi connectivity index (χ2v) is 6.49. The number of anilines is 1. The van der Waals surface area contributed by atoms with E-state index in [0.717, 1.165) is 5.56 Å². The summed E-state index contributed by atoms with van der Waals surface area (Å²) in [6.45, 7) is 6.30. The fraction of sp³-hybridized carbons (Fsp3) is 0.500. The van der Waals surface area contributed by atoms with E-state index in [9.17, 15) is 4.79 Å². The third-order valence-electron chi connectivity index (χ3n) is 2.00. The Balaban J connectivity index is 2.50. The summed E-state index contributed by atoms with van der Waals surface area (Å²) < 4.78 is 0.121. The third kappa shape index (κ3) is 4.66. The van der Waals surface area contributed by atoms with E-state index in [4.69, 9.17) is 5.73 Å². The number of nitrogens with zero attached hydrogens (tertiary/aromatic N) is 1. The van der Waals surface area contributed by atoms with E-state index >= 15 is 0 Å². The minimum absolute atomic E-state index is 0.121. The quantitative estimate of drug-likeness (QED) is 0.874. The monoisotopic (exact) mass is 238 g/mol. The predicted octanol–water partition coefficient (Wildman–Crippen LogP) is 2.31. The molecule has 0 unspecified atom stereocenters. The number of thioether (sulfide) groups is 1. The van der Waals surface area contributed by atoms with Crippen LogP contribution in [-0.2, 0) is 11.2 Å². The van der Waals surface area contributed by atoms with Gasteiger partial charge in [-0.2, -0.15) is 0 Å². The summed E-state index contributed by atoms with van der Waals surface area (Å²) in [6.07, 6.45) is 3.67. The molecule has 0 fully saturated rings. The first-order valence-corrected chi connectivity index (χ1v) is 6.21. The van der Waals surface area contributed by atoms with Crippen molar-refractivity contribution in [1.82, 2.24) is 4.98 Å². The Morgan fingerprint density at radius 2 is 2.19 bits per heavy atom. The van der Waals surface area contributed by atoms with Gasteiger partial charge < -0.3 is 5.73 Å². The normalized spacial score (nSPS) is 11.4. The SMILES string of the molecule is CC(C)(C)SCC(=O)Cc1cnccc1N. The summed E-state index contributed by atoms with van der Waals surface area (Å²) in [5.41, 5.74) is 7.22. The van der Waals surface area contributed by atoms with Crippen molar-refractivity contribution in [3.8, 4) is 0 Å². The summed E-state index contributed by atoms with van der Waals surface area (Å²) >= 11 is 1.66. The van der Waals surface area contributed by atoms with Crippen LogP contribution in [0.5, 0.6) is 0 Å². The standard InChI is InChI=1S/C12H18N2OS/c1-12(2,3)16-8-10(15)6-9-7-14-5-4-11(9)13/h4-5,7H,6,8H2,1-3H3,(H2,13,14). The largest absolute Gasteiger partial charge is 0.398 e. The Bertz CT molecular complexity index is 372. The molecule has 0 radical (unpaired) electrons. The zero-order valence-electron chi connectivity index (χ0n) is 9.99. The van der Waals surface area contributed by atoms with Gasteiger partial charge in [-0.05, 0) is 6.07 Å². The number of nitrogens with two attached hydrogens (primary N) is 1. The lowest BCUT2D eigenvalue weighted by molar-refractivity contribution is -0.116. The maximum Gasteiger partial charge on any atom is 0.147 e. The molecule has 0 saturated heterocycles. The van der Waals surface area contributed by atoms with Crippen molar-refractivity contribution in [2.75, 3.05) is 11.5 Å². The molecule has 0 aliphatic heterocycles. The summed E-state index contributed by atoms with van der Waals surface area (Å²) in [7, 11) is 0. The topological polar surface area (TPSA) is 56.0 Å². The van der Waals surface area contributed by atoms with Gasteiger partial charge in [0, 0.05) is 34.8 Å². The van der Waals surface area contributed by atoms with Gasteiger partial charge in [-0.15, -0.1) is 11.8 Å². The number of carbonyl (C=O) groups is 1. The Labute approximate surface area is 101 Å². The summed E-state index contributed by atoms with van der Waals surface area (Å²) in [5, 5.41) is 0. The molecule has 3 nitrogen and oxygen atoms in total. The first-order valence-electron chi connectivity index (χ1n) is 5.22. The summed E-state index contributed by atoms with van der Waals surface area (Å²) in [6, 6.07) is 1.72. The summed E-state index contributed by atoms with van der Waals surface area (Å²) in [5.74, 6) is 0.720. The molecule has 1 aromatic heterocycles. The van der Waals surface area contributed by atoms with Crippen molar-refractivity contribution in [2.45, 2.75) is 31.9 Å². The maximum atomic E-state index is 11.7. The lowest BCUT2D eigenvalue weighted by Crippen LogP contribution is -2.15. The minimum Gasteiger partial charge on any atom is -0.398 e. The van der Waals surface area contributed by atoms with Crippen molar-refractivity contribution in [1.29, 1.82) is 0 Å². The average molecular weight is 238 g/mol. The average Bonchev–Trinajstić information content (AvgIpc) is 2.18. The Morgan fingerprint density at radius 3 is 2.75 bits per heavy atom. The molecular weight excluding hydrogens is 220 g/mol. The third-order valence-corrected chi connectivity index (χ3v) is 3.33. The van der Waals surface area contributed by atoms with E-state index in [-0.39, 0.29) is 10.5 Å². The van der Waals surface area contributed by atoms with Crippen LogP contribution < -0.4 is 5.73 Å². The number of aromatic nitrogens is 1. The molecular formula is C12H18N2OS. The highest BCUT2D eigenvalue weighted by Crippen LogP contribution is 2.23. The number of rotatable bonds is 4. The molecule has 0 atom stereocenters. The van der Waals surface area contributed by atoms with Gasteiger partial charge in [0.05, 0.1) is 5.75 Å². The molecule has 16 heavy (non-hydrogen) atoms. The molecule has 0 spiro atoms. The van der Waals surface area contributed by atoms with E-state index in [2.05, 4.69) is 25.8 Å². The molecule has 1 rings (SSSR count). The maximum absolute atomic E-state index is 11.7. The number of ketones is 1. The van der Waals surface area contributed by atoms with Gasteiger partial charge in [0.2, 0.25) is 0 Å². The fourth-order valence-electron chi connectivity index (χ4n) is 1.15. The molecule has 0 amide bonds. The molecule has 0 aromatic carbocycles. The van der Waals surface area contributed by atoms with Crippen LogP contribution in [-0.4, -0.2) is 21.3 Å². The fourth-order valence-corrected chi connectivity index (χ4v) is 1.84. The Hall–Kier alpha value is -1.03. The van der Waals surface area contributed by atoms with E-state index in [1.807, 2.05) is 0 Å². The van der Waals surface area contributed by atoms with Gasteiger partial charge in [-0.3, -0.25) is 9.78 Å². The number of Topliss-reactive ketones (excluding diaryl/α,β-unsaturated/α-hetero) is 1. The zero-order chi connectivity index (χ0) is 12.2. The molecule has 88 valence electrons. The zero-order valence-corrected chi connectivity index (χ0v) is 10.8. The number of pyridine rings is 1. The summed E-state index contributed by atoms with van der Waals surface area (Å²) in [4.78, 5) is 15.7. The molecule has 4 heteroatoms. The van der Waals surface area contributed by atoms with Crippen molar-refractivity contribution in [3.05, 3.63) is 24.0 Å². The van der Waals surface area contributed by atoms with Crippen LogP contribution in [0.4, 0.5) is 5.69 Å². The van der Waals surface area contributed by atoms with E-state index < -0.39 is 0 Å². The van der Waals surface area contributed by atoms with Gasteiger partial charge >= 0.3 is 0 Å². The molecule has 0 bridgehead atoms. The second kappa shape index (κ2) is 5.34. The molecule has 0 saturated carbocycles. The first-order chi connectivity index (χ1) is 7.38. The van der Waals surface area contributed by atoms with Crippen LogP contribution in [0.15, 0.2) is 18.5 Å². The van der Waals surface area contributed by atoms with E-state index in [1.54, 1.807) is 30.2 Å². The predicted molar refractivity (Wildman–Crippen MR) is 69.6 cm³/mol. The van der Waals surface area contributed by atoms with Crippen molar-refractivity contribution >= 4 is 23.2 Å². The minimum atomic E-state index is 0.121. The number of hydrogen-bond acceptors (Lipinski definition) is 4. The number of hydrogen-bond donors (Lipinski definition) is 1. The Morgan fingerprint density at radius 1 is 1.50 bits per heavy atom. The first kappa shape index (κ1) is 13.0. The van der Waals surface area contributed by atoms with E-state index in [1.165, 1.54) is 0 Å². The van der Waals surface area contributed by atoms with Gasteiger partial charge in [-0.25, -0.2) is 0 Å². The van der Waals surface area contributed by atoms with Gasteiger partial charge in [0.25, 0.3) is 0 Å². The molecule has 1 aromatic rings. The molecule has 0 aliphatic carbocycles. The van der Waals surface area contributed by atoms with Crippen molar-refractivity contribution in [3.63, 3.8) is 0 Å². The highest BCUT2D eigenvalue weighted by atomic mass is 32.2. The van der Waals surface area contributed by atoms with Crippen molar-refractivity contribution < 1.29 is 4.79 Å². The van der Waals surface area contributed by atoms with Crippen LogP contribution in [0.1, 0.15) is 26.3 Å². The molecule has 0 aliphatic rings. The van der Waals surface area contributed by atoms with Gasteiger partial charge in [-0.1, -0.05) is 20.8 Å². The lowest BCUT2D eigenvalue weighted by Gasteiger charge is -2.16. The molecule has 2 N–H and O–H groups in total. The van der Waals surface area contributed by atoms with Gasteiger partial charge in [0.1, 0.15) is 5.78 Å². The van der Waals surface area contributed by atoms with Crippen LogP contribution in [0.2, 0.25) is 0 Å².